The van der Waals surface area contributed by atoms with Crippen LogP contribution in [0.2, 0.25) is 5.02 Å². The molecule has 0 bridgehead atoms. The van der Waals surface area contributed by atoms with Crippen LogP contribution in [0.3, 0.4) is 0 Å². The van der Waals surface area contributed by atoms with E-state index in [1.165, 1.54) is 11.8 Å². The first-order chi connectivity index (χ1) is 17.5. The molecule has 1 amide bonds. The van der Waals surface area contributed by atoms with E-state index in [-0.39, 0.29) is 5.91 Å². The summed E-state index contributed by atoms with van der Waals surface area (Å²) in [6.45, 7) is 5.49. The number of hydrogen-bond acceptors (Lipinski definition) is 5. The van der Waals surface area contributed by atoms with Gasteiger partial charge < -0.3 is 4.74 Å². The Hall–Kier alpha value is -2.61. The van der Waals surface area contributed by atoms with Crippen LogP contribution in [-0.4, -0.2) is 38.1 Å². The Bertz CT molecular complexity index is 1260. The second-order valence-electron chi connectivity index (χ2n) is 8.60. The number of amides is 1. The zero-order chi connectivity index (χ0) is 25.5. The highest BCUT2D eigenvalue weighted by molar-refractivity contribution is 8.26. The van der Waals surface area contributed by atoms with Crippen molar-refractivity contribution in [3.8, 4) is 22.7 Å². The van der Waals surface area contributed by atoms with Crippen molar-refractivity contribution in [3.05, 3.63) is 70.2 Å². The molecule has 2 aromatic carbocycles. The minimum Gasteiger partial charge on any atom is -0.492 e. The van der Waals surface area contributed by atoms with E-state index in [1.54, 1.807) is 4.90 Å². The van der Waals surface area contributed by atoms with Crippen molar-refractivity contribution >= 4 is 51.9 Å². The lowest BCUT2D eigenvalue weighted by Gasteiger charge is -2.13. The van der Waals surface area contributed by atoms with Gasteiger partial charge in [-0.1, -0.05) is 86.9 Å². The smallest absolute Gasteiger partial charge is 0.266 e. The van der Waals surface area contributed by atoms with E-state index in [0.29, 0.717) is 33.1 Å². The normalized spacial score (nSPS) is 14.8. The average molecular weight is 540 g/mol. The van der Waals surface area contributed by atoms with Crippen molar-refractivity contribution in [3.63, 3.8) is 0 Å². The first-order valence-electron chi connectivity index (χ1n) is 12.3. The second kappa shape index (κ2) is 12.6. The lowest BCUT2D eigenvalue weighted by molar-refractivity contribution is -0.122. The summed E-state index contributed by atoms with van der Waals surface area (Å²) in [5.74, 6) is 0.608. The predicted molar refractivity (Wildman–Crippen MR) is 154 cm³/mol. The molecule has 1 aromatic heterocycles. The van der Waals surface area contributed by atoms with E-state index in [2.05, 4.69) is 13.8 Å². The molecule has 0 atom stereocenters. The molecule has 2 heterocycles. The van der Waals surface area contributed by atoms with Crippen LogP contribution >= 0.6 is 35.6 Å². The van der Waals surface area contributed by atoms with Crippen molar-refractivity contribution in [2.24, 2.45) is 0 Å². The van der Waals surface area contributed by atoms with E-state index in [4.69, 9.17) is 33.7 Å². The van der Waals surface area contributed by atoms with Gasteiger partial charge in [-0.15, -0.1) is 0 Å². The molecule has 5 nitrogen and oxygen atoms in total. The Balaban J connectivity index is 1.68. The predicted octanol–water partition coefficient (Wildman–Crippen LogP) is 7.76. The van der Waals surface area contributed by atoms with Gasteiger partial charge in [0.15, 0.2) is 0 Å². The van der Waals surface area contributed by atoms with Crippen molar-refractivity contribution in [1.29, 1.82) is 0 Å². The van der Waals surface area contributed by atoms with Gasteiger partial charge in [-0.25, -0.2) is 4.68 Å². The van der Waals surface area contributed by atoms with Gasteiger partial charge in [0, 0.05) is 23.9 Å². The van der Waals surface area contributed by atoms with Gasteiger partial charge in [-0.2, -0.15) is 5.10 Å². The molecule has 0 saturated carbocycles. The molecule has 1 aliphatic heterocycles. The molecule has 188 valence electrons. The fourth-order valence-electron chi connectivity index (χ4n) is 3.94. The molecule has 0 aliphatic carbocycles. The van der Waals surface area contributed by atoms with Gasteiger partial charge in [0.05, 0.1) is 22.2 Å². The number of carbonyl (C=O) groups is 1. The Morgan fingerprint density at radius 2 is 1.89 bits per heavy atom. The molecule has 0 unspecified atom stereocenters. The third kappa shape index (κ3) is 6.20. The molecule has 8 heteroatoms. The van der Waals surface area contributed by atoms with Crippen molar-refractivity contribution in [2.45, 2.75) is 46.0 Å². The molecule has 0 radical (unpaired) electrons. The number of thiocarbonyl (C=S) groups is 1. The number of unbranched alkanes of at least 4 members (excludes halogenated alkanes) is 3. The van der Waals surface area contributed by atoms with Gasteiger partial charge >= 0.3 is 0 Å². The Labute approximate surface area is 227 Å². The SMILES string of the molecule is CCCCCCN1C(=O)C(=Cc2cn(-c3ccccc3)nc2-c2ccc(OCCC)c(Cl)c2)SC1=S. The zero-order valence-corrected chi connectivity index (χ0v) is 23.0. The van der Waals surface area contributed by atoms with Crippen molar-refractivity contribution in [2.75, 3.05) is 13.2 Å². The van der Waals surface area contributed by atoms with Gasteiger partial charge in [0.25, 0.3) is 5.91 Å². The maximum atomic E-state index is 13.2. The number of ether oxygens (including phenoxy) is 1. The van der Waals surface area contributed by atoms with Crippen LogP contribution in [0, 0.1) is 0 Å². The molecular formula is C28H30ClN3O2S2. The second-order valence-corrected chi connectivity index (χ2v) is 10.7. The van der Waals surface area contributed by atoms with Gasteiger partial charge in [-0.3, -0.25) is 9.69 Å². The third-order valence-electron chi connectivity index (χ3n) is 5.83. The maximum Gasteiger partial charge on any atom is 0.266 e. The number of hydrogen-bond donors (Lipinski definition) is 0. The number of para-hydroxylation sites is 1. The number of halogens is 1. The lowest BCUT2D eigenvalue weighted by atomic mass is 10.1. The minimum atomic E-state index is -0.0405. The number of aromatic nitrogens is 2. The molecule has 4 rings (SSSR count). The fourth-order valence-corrected chi connectivity index (χ4v) is 5.47. The van der Waals surface area contributed by atoms with E-state index in [9.17, 15) is 4.79 Å². The summed E-state index contributed by atoms with van der Waals surface area (Å²) in [7, 11) is 0. The van der Waals surface area contributed by atoms with Crippen LogP contribution in [0.25, 0.3) is 23.0 Å². The van der Waals surface area contributed by atoms with Crippen LogP contribution in [0.15, 0.2) is 59.6 Å². The minimum absolute atomic E-state index is 0.0405. The standard InChI is InChI=1S/C28H30ClN3O2S2/c1-3-5-6-10-15-31-27(33)25(36-28(31)35)18-21-19-32(22-11-8-7-9-12-22)30-26(21)20-13-14-24(23(29)17-20)34-16-4-2/h7-9,11-14,17-19H,3-6,10,15-16H2,1-2H3. The average Bonchev–Trinajstić information content (AvgIpc) is 3.42. The van der Waals surface area contributed by atoms with Crippen LogP contribution < -0.4 is 4.74 Å². The molecule has 3 aromatic rings. The Morgan fingerprint density at radius 1 is 1.08 bits per heavy atom. The van der Waals surface area contributed by atoms with Crippen LogP contribution in [0.5, 0.6) is 5.75 Å². The zero-order valence-electron chi connectivity index (χ0n) is 20.6. The summed E-state index contributed by atoms with van der Waals surface area (Å²) < 4.78 is 8.17. The largest absolute Gasteiger partial charge is 0.492 e. The quantitative estimate of drug-likeness (QED) is 0.141. The molecule has 0 spiro atoms. The number of thioether (sulfide) groups is 1. The summed E-state index contributed by atoms with van der Waals surface area (Å²) in [4.78, 5) is 15.5. The summed E-state index contributed by atoms with van der Waals surface area (Å²) in [6, 6.07) is 15.6. The Morgan fingerprint density at radius 3 is 2.61 bits per heavy atom. The summed E-state index contributed by atoms with van der Waals surface area (Å²) in [5, 5.41) is 5.39. The third-order valence-corrected chi connectivity index (χ3v) is 7.50. The highest BCUT2D eigenvalue weighted by Crippen LogP contribution is 2.36. The van der Waals surface area contributed by atoms with Crippen LogP contribution in [0.1, 0.15) is 51.5 Å². The van der Waals surface area contributed by atoms with E-state index < -0.39 is 0 Å². The number of benzene rings is 2. The monoisotopic (exact) mass is 539 g/mol. The number of nitrogens with zero attached hydrogens (tertiary/aromatic N) is 3. The van der Waals surface area contributed by atoms with E-state index >= 15 is 0 Å². The summed E-state index contributed by atoms with van der Waals surface area (Å²) >= 11 is 13.4. The van der Waals surface area contributed by atoms with E-state index in [1.807, 2.05) is 65.5 Å². The fraction of sp³-hybridized carbons (Fsp3) is 0.321. The molecule has 36 heavy (non-hydrogen) atoms. The van der Waals surface area contributed by atoms with Gasteiger partial charge in [0.2, 0.25) is 0 Å². The molecule has 1 fully saturated rings. The summed E-state index contributed by atoms with van der Waals surface area (Å²) in [5.41, 5.74) is 3.33. The highest BCUT2D eigenvalue weighted by Gasteiger charge is 2.32. The maximum absolute atomic E-state index is 13.2. The van der Waals surface area contributed by atoms with Gasteiger partial charge in [0.1, 0.15) is 15.8 Å². The molecule has 1 saturated heterocycles. The Kier molecular flexibility index (Phi) is 9.24. The topological polar surface area (TPSA) is 47.4 Å². The lowest BCUT2D eigenvalue weighted by Crippen LogP contribution is -2.29. The first kappa shape index (κ1) is 26.5. The number of carbonyl (C=O) groups excluding carboxylic acids is 1. The van der Waals surface area contributed by atoms with Crippen LogP contribution in [-0.2, 0) is 4.79 Å². The molecular weight excluding hydrogens is 510 g/mol. The first-order valence-corrected chi connectivity index (χ1v) is 13.9. The van der Waals surface area contributed by atoms with Gasteiger partial charge in [-0.05, 0) is 49.2 Å². The highest BCUT2D eigenvalue weighted by atomic mass is 35.5. The van der Waals surface area contributed by atoms with Crippen molar-refractivity contribution in [1.82, 2.24) is 14.7 Å². The van der Waals surface area contributed by atoms with Crippen LogP contribution in [0.4, 0.5) is 0 Å². The number of rotatable bonds is 11. The molecule has 0 N–H and O–H groups in total. The van der Waals surface area contributed by atoms with Crippen molar-refractivity contribution < 1.29 is 9.53 Å². The molecule has 1 aliphatic rings. The summed E-state index contributed by atoms with van der Waals surface area (Å²) in [6.07, 6.45) is 9.10. The van der Waals surface area contributed by atoms with E-state index in [0.717, 1.165) is 54.6 Å².